The van der Waals surface area contributed by atoms with Crippen molar-refractivity contribution >= 4 is 0 Å². The van der Waals surface area contributed by atoms with Gasteiger partial charge in [-0.3, -0.25) is 0 Å². The van der Waals surface area contributed by atoms with Crippen LogP contribution in [0.15, 0.2) is 59.3 Å². The SMILES string of the molecule is C=C/C=C(\C)CC(C)(C)C/C=C(\C)C(C)(C)/C=C/C1=C(C)CC(O)CC1(C)C. The van der Waals surface area contributed by atoms with Gasteiger partial charge in [-0.25, -0.2) is 0 Å². The van der Waals surface area contributed by atoms with E-state index in [9.17, 15) is 5.11 Å². The molecule has 0 aromatic carbocycles. The molecule has 0 heterocycles. The minimum Gasteiger partial charge on any atom is -0.393 e. The van der Waals surface area contributed by atoms with E-state index in [0.717, 1.165) is 25.7 Å². The summed E-state index contributed by atoms with van der Waals surface area (Å²) in [5, 5.41) is 10.1. The molecule has 158 valence electrons. The van der Waals surface area contributed by atoms with Crippen LogP contribution in [0.5, 0.6) is 0 Å². The van der Waals surface area contributed by atoms with Gasteiger partial charge in [-0.05, 0) is 62.9 Å². The van der Waals surface area contributed by atoms with Crippen LogP contribution >= 0.6 is 0 Å². The molecule has 0 amide bonds. The Labute approximate surface area is 175 Å². The predicted octanol–water partition coefficient (Wildman–Crippen LogP) is 7.95. The van der Waals surface area contributed by atoms with Gasteiger partial charge in [0.1, 0.15) is 0 Å². The van der Waals surface area contributed by atoms with Crippen LogP contribution in [-0.2, 0) is 0 Å². The first kappa shape index (κ1) is 24.7. The van der Waals surface area contributed by atoms with E-state index in [0.29, 0.717) is 0 Å². The van der Waals surface area contributed by atoms with Gasteiger partial charge in [0.25, 0.3) is 0 Å². The van der Waals surface area contributed by atoms with E-state index in [4.69, 9.17) is 0 Å². The first-order valence-corrected chi connectivity index (χ1v) is 10.7. The standard InChI is InChI=1S/C27H44O/c1-11-12-20(2)18-25(5,6)15-13-22(4)26(7,8)16-14-24-21(3)17-23(28)19-27(24,9)10/h11-14,16,23,28H,1,15,17-19H2,2-10H3/b16-14+,20-12+,22-13+. The van der Waals surface area contributed by atoms with Crippen LogP contribution in [0, 0.1) is 16.2 Å². The fourth-order valence-electron chi connectivity index (χ4n) is 4.38. The minimum absolute atomic E-state index is 0.0154. The third kappa shape index (κ3) is 7.24. The van der Waals surface area contributed by atoms with E-state index < -0.39 is 0 Å². The average molecular weight is 385 g/mol. The van der Waals surface area contributed by atoms with Gasteiger partial charge in [-0.1, -0.05) is 95.2 Å². The topological polar surface area (TPSA) is 20.2 Å². The molecule has 0 saturated heterocycles. The Kier molecular flexibility index (Phi) is 8.33. The maximum Gasteiger partial charge on any atom is 0.0585 e. The monoisotopic (exact) mass is 384 g/mol. The quantitative estimate of drug-likeness (QED) is 0.332. The van der Waals surface area contributed by atoms with Gasteiger partial charge in [-0.2, -0.15) is 0 Å². The molecule has 1 atom stereocenters. The Hall–Kier alpha value is -1.34. The number of hydrogen-bond donors (Lipinski definition) is 1. The zero-order valence-electron chi connectivity index (χ0n) is 19.9. The molecule has 0 aliphatic heterocycles. The van der Waals surface area contributed by atoms with Gasteiger partial charge in [0, 0.05) is 5.41 Å². The van der Waals surface area contributed by atoms with Crippen molar-refractivity contribution in [1.29, 1.82) is 0 Å². The second-order valence-corrected chi connectivity index (χ2v) is 10.9. The molecule has 1 aliphatic rings. The van der Waals surface area contributed by atoms with Gasteiger partial charge in [0.05, 0.1) is 6.10 Å². The van der Waals surface area contributed by atoms with E-state index in [1.54, 1.807) is 0 Å². The van der Waals surface area contributed by atoms with Crippen molar-refractivity contribution in [1.82, 2.24) is 0 Å². The summed E-state index contributed by atoms with van der Waals surface area (Å²) in [7, 11) is 0. The summed E-state index contributed by atoms with van der Waals surface area (Å²) in [6.45, 7) is 24.2. The van der Waals surface area contributed by atoms with Crippen molar-refractivity contribution in [3.05, 3.63) is 59.3 Å². The predicted molar refractivity (Wildman–Crippen MR) is 125 cm³/mol. The van der Waals surface area contributed by atoms with Crippen LogP contribution in [0.3, 0.4) is 0 Å². The summed E-state index contributed by atoms with van der Waals surface area (Å²) in [5.41, 5.74) is 5.80. The molecule has 0 spiro atoms. The first-order valence-electron chi connectivity index (χ1n) is 10.7. The van der Waals surface area contributed by atoms with Crippen molar-refractivity contribution in [3.63, 3.8) is 0 Å². The maximum absolute atomic E-state index is 10.1. The molecule has 0 aromatic rings. The van der Waals surface area contributed by atoms with Crippen LogP contribution in [-0.4, -0.2) is 11.2 Å². The van der Waals surface area contributed by atoms with Crippen LogP contribution in [0.4, 0.5) is 0 Å². The molecule has 1 aliphatic carbocycles. The summed E-state index contributed by atoms with van der Waals surface area (Å²) in [6, 6.07) is 0. The first-order chi connectivity index (χ1) is 12.7. The van der Waals surface area contributed by atoms with Gasteiger partial charge >= 0.3 is 0 Å². The van der Waals surface area contributed by atoms with E-state index in [-0.39, 0.29) is 22.3 Å². The largest absolute Gasteiger partial charge is 0.393 e. The summed E-state index contributed by atoms with van der Waals surface area (Å²) in [4.78, 5) is 0. The number of rotatable bonds is 8. The average Bonchev–Trinajstić information content (AvgIpc) is 2.50. The Balaban J connectivity index is 2.95. The summed E-state index contributed by atoms with van der Waals surface area (Å²) in [6.07, 6.45) is 14.7. The zero-order chi connectivity index (χ0) is 21.8. The lowest BCUT2D eigenvalue weighted by molar-refractivity contribution is 0.116. The number of allylic oxidation sites excluding steroid dienone is 8. The van der Waals surface area contributed by atoms with E-state index in [2.05, 4.69) is 93.2 Å². The molecule has 0 radical (unpaired) electrons. The van der Waals surface area contributed by atoms with Crippen molar-refractivity contribution in [3.8, 4) is 0 Å². The van der Waals surface area contributed by atoms with E-state index >= 15 is 0 Å². The Morgan fingerprint density at radius 2 is 1.82 bits per heavy atom. The molecule has 0 aromatic heterocycles. The van der Waals surface area contributed by atoms with Gasteiger partial charge in [0.2, 0.25) is 0 Å². The third-order valence-corrected chi connectivity index (χ3v) is 6.28. The molecule has 1 rings (SSSR count). The molecule has 0 bridgehead atoms. The summed E-state index contributed by atoms with van der Waals surface area (Å²) < 4.78 is 0. The lowest BCUT2D eigenvalue weighted by Crippen LogP contribution is -2.28. The number of aliphatic hydroxyl groups is 1. The fourth-order valence-corrected chi connectivity index (χ4v) is 4.38. The summed E-state index contributed by atoms with van der Waals surface area (Å²) >= 11 is 0. The molecule has 1 N–H and O–H groups in total. The van der Waals surface area contributed by atoms with Crippen LogP contribution < -0.4 is 0 Å². The van der Waals surface area contributed by atoms with Gasteiger partial charge in [0.15, 0.2) is 0 Å². The van der Waals surface area contributed by atoms with Crippen LogP contribution in [0.2, 0.25) is 0 Å². The normalized spacial score (nSPS) is 22.1. The Morgan fingerprint density at radius 3 is 2.36 bits per heavy atom. The van der Waals surface area contributed by atoms with Gasteiger partial charge in [-0.15, -0.1) is 0 Å². The maximum atomic E-state index is 10.1. The lowest BCUT2D eigenvalue weighted by atomic mass is 9.70. The van der Waals surface area contributed by atoms with E-state index in [1.165, 1.54) is 22.3 Å². The van der Waals surface area contributed by atoms with E-state index in [1.807, 2.05) is 6.08 Å². The highest BCUT2D eigenvalue weighted by atomic mass is 16.3. The molecule has 1 nitrogen and oxygen atoms in total. The third-order valence-electron chi connectivity index (χ3n) is 6.28. The number of aliphatic hydroxyl groups excluding tert-OH is 1. The second-order valence-electron chi connectivity index (χ2n) is 10.9. The van der Waals surface area contributed by atoms with Crippen LogP contribution in [0.1, 0.15) is 88.0 Å². The van der Waals surface area contributed by atoms with Gasteiger partial charge < -0.3 is 5.11 Å². The molecular weight excluding hydrogens is 340 g/mol. The molecule has 1 unspecified atom stereocenters. The molecular formula is C27H44O. The molecule has 1 heteroatoms. The summed E-state index contributed by atoms with van der Waals surface area (Å²) in [5.74, 6) is 0. The van der Waals surface area contributed by atoms with Crippen molar-refractivity contribution in [2.75, 3.05) is 0 Å². The highest BCUT2D eigenvalue weighted by Gasteiger charge is 2.32. The van der Waals surface area contributed by atoms with Crippen molar-refractivity contribution < 1.29 is 5.11 Å². The van der Waals surface area contributed by atoms with Crippen LogP contribution in [0.25, 0.3) is 0 Å². The second kappa shape index (κ2) is 9.44. The lowest BCUT2D eigenvalue weighted by Gasteiger charge is -2.36. The minimum atomic E-state index is -0.206. The Morgan fingerprint density at radius 1 is 1.21 bits per heavy atom. The molecule has 28 heavy (non-hydrogen) atoms. The zero-order valence-corrected chi connectivity index (χ0v) is 19.9. The Bertz CT molecular complexity index is 677. The smallest absolute Gasteiger partial charge is 0.0585 e. The highest BCUT2D eigenvalue weighted by Crippen LogP contribution is 2.42. The molecule has 0 fully saturated rings. The van der Waals surface area contributed by atoms with Crippen molar-refractivity contribution in [2.45, 2.75) is 94.1 Å². The fraction of sp³-hybridized carbons (Fsp3) is 0.630. The molecule has 0 saturated carbocycles. The van der Waals surface area contributed by atoms with Crippen molar-refractivity contribution in [2.24, 2.45) is 16.2 Å². The highest BCUT2D eigenvalue weighted by molar-refractivity contribution is 5.35. The number of hydrogen-bond acceptors (Lipinski definition) is 1.